The minimum absolute atomic E-state index is 0. The normalized spacial score (nSPS) is 19.3. The zero-order valence-electron chi connectivity index (χ0n) is 14.5. The van der Waals surface area contributed by atoms with Crippen LogP contribution in [-0.4, -0.2) is 50.8 Å². The largest absolute Gasteiger partial charge is 0.384 e. The van der Waals surface area contributed by atoms with E-state index in [9.17, 15) is 0 Å². The number of likely N-dealkylation sites (tertiary alicyclic amines) is 1. The van der Waals surface area contributed by atoms with Crippen LogP contribution < -0.4 is 5.32 Å². The van der Waals surface area contributed by atoms with Gasteiger partial charge in [-0.15, -0.1) is 24.0 Å². The summed E-state index contributed by atoms with van der Waals surface area (Å²) in [6, 6.07) is 10.6. The van der Waals surface area contributed by atoms with Gasteiger partial charge in [-0.05, 0) is 18.9 Å². The van der Waals surface area contributed by atoms with Gasteiger partial charge in [0.15, 0.2) is 5.96 Å². The number of benzene rings is 1. The monoisotopic (exact) mass is 431 g/mol. The fraction of sp³-hybridized carbons (Fsp3) is 0.611. The Morgan fingerprint density at radius 2 is 2.13 bits per heavy atom. The third-order valence-corrected chi connectivity index (χ3v) is 4.21. The molecular weight excluding hydrogens is 401 g/mol. The summed E-state index contributed by atoms with van der Waals surface area (Å²) >= 11 is 0. The van der Waals surface area contributed by atoms with E-state index in [0.717, 1.165) is 38.7 Å². The Morgan fingerprint density at radius 1 is 1.39 bits per heavy atom. The van der Waals surface area contributed by atoms with Crippen LogP contribution >= 0.6 is 24.0 Å². The Morgan fingerprint density at radius 3 is 2.78 bits per heavy atom. The van der Waals surface area contributed by atoms with Crippen LogP contribution in [0.15, 0.2) is 35.3 Å². The van der Waals surface area contributed by atoms with Crippen LogP contribution in [0.25, 0.3) is 0 Å². The lowest BCUT2D eigenvalue weighted by molar-refractivity contribution is 0.157. The average molecular weight is 431 g/mol. The molecule has 0 aliphatic carbocycles. The molecule has 1 N–H and O–H groups in total. The molecule has 1 saturated heterocycles. The number of guanidine groups is 1. The van der Waals surface area contributed by atoms with E-state index in [4.69, 9.17) is 9.73 Å². The van der Waals surface area contributed by atoms with Gasteiger partial charge in [0, 0.05) is 45.1 Å². The highest BCUT2D eigenvalue weighted by Crippen LogP contribution is 2.18. The second-order valence-corrected chi connectivity index (χ2v) is 6.06. The fourth-order valence-electron chi connectivity index (χ4n) is 2.93. The lowest BCUT2D eigenvalue weighted by Crippen LogP contribution is -2.40. The molecule has 4 nitrogen and oxygen atoms in total. The molecule has 0 bridgehead atoms. The molecule has 1 aromatic rings. The van der Waals surface area contributed by atoms with Crippen molar-refractivity contribution < 1.29 is 4.74 Å². The molecule has 2 rings (SSSR count). The van der Waals surface area contributed by atoms with Gasteiger partial charge in [-0.1, -0.05) is 37.3 Å². The van der Waals surface area contributed by atoms with Crippen molar-refractivity contribution in [3.05, 3.63) is 35.9 Å². The van der Waals surface area contributed by atoms with Crippen molar-refractivity contribution in [2.45, 2.75) is 26.2 Å². The van der Waals surface area contributed by atoms with Crippen molar-refractivity contribution in [3.63, 3.8) is 0 Å². The first-order valence-corrected chi connectivity index (χ1v) is 8.31. The minimum Gasteiger partial charge on any atom is -0.384 e. The second-order valence-electron chi connectivity index (χ2n) is 6.06. The summed E-state index contributed by atoms with van der Waals surface area (Å²) < 4.78 is 5.28. The molecule has 5 heteroatoms. The number of methoxy groups -OCH3 is 1. The van der Waals surface area contributed by atoms with E-state index in [1.165, 1.54) is 12.0 Å². The van der Waals surface area contributed by atoms with E-state index < -0.39 is 0 Å². The molecule has 130 valence electrons. The highest BCUT2D eigenvalue weighted by Gasteiger charge is 2.24. The quantitative estimate of drug-likeness (QED) is 0.427. The number of nitrogens with one attached hydrogen (secondary N) is 1. The Hall–Kier alpha value is -0.820. The number of hydrogen-bond donors (Lipinski definition) is 1. The highest BCUT2D eigenvalue weighted by atomic mass is 127. The van der Waals surface area contributed by atoms with Gasteiger partial charge in [0.2, 0.25) is 0 Å². The average Bonchev–Trinajstić information content (AvgIpc) is 3.01. The van der Waals surface area contributed by atoms with Gasteiger partial charge in [0.1, 0.15) is 0 Å². The molecule has 0 spiro atoms. The first kappa shape index (κ1) is 20.2. The van der Waals surface area contributed by atoms with Gasteiger partial charge in [0.25, 0.3) is 0 Å². The Bertz CT molecular complexity index is 467. The first-order chi connectivity index (χ1) is 10.7. The Kier molecular flexibility index (Phi) is 9.55. The third-order valence-electron chi connectivity index (χ3n) is 4.21. The van der Waals surface area contributed by atoms with Crippen molar-refractivity contribution in [2.24, 2.45) is 10.9 Å². The van der Waals surface area contributed by atoms with Gasteiger partial charge in [-0.2, -0.15) is 0 Å². The predicted octanol–water partition coefficient (Wildman–Crippen LogP) is 3.34. The standard InChI is InChI=1S/C18H29N3O.HI/c1-4-19-18(21-11-10-16(13-21)14-22-3)20-12-15(2)17-8-6-5-7-9-17;/h5-9,15-16H,4,10-14H2,1-3H3,(H,19,20);1H. The lowest BCUT2D eigenvalue weighted by Gasteiger charge is -2.22. The predicted molar refractivity (Wildman–Crippen MR) is 108 cm³/mol. The van der Waals surface area contributed by atoms with E-state index in [1.54, 1.807) is 7.11 Å². The summed E-state index contributed by atoms with van der Waals surface area (Å²) in [5.41, 5.74) is 1.35. The topological polar surface area (TPSA) is 36.9 Å². The summed E-state index contributed by atoms with van der Waals surface area (Å²) in [5.74, 6) is 2.11. The zero-order chi connectivity index (χ0) is 15.8. The molecule has 1 aromatic carbocycles. The molecule has 0 radical (unpaired) electrons. The summed E-state index contributed by atoms with van der Waals surface area (Å²) in [6.07, 6.45) is 1.19. The van der Waals surface area contributed by atoms with E-state index in [0.29, 0.717) is 11.8 Å². The van der Waals surface area contributed by atoms with Crippen LogP contribution in [0.1, 0.15) is 31.7 Å². The molecule has 2 unspecified atom stereocenters. The van der Waals surface area contributed by atoms with E-state index in [2.05, 4.69) is 54.4 Å². The van der Waals surface area contributed by atoms with Crippen molar-refractivity contribution in [1.82, 2.24) is 10.2 Å². The smallest absolute Gasteiger partial charge is 0.193 e. The van der Waals surface area contributed by atoms with Crippen molar-refractivity contribution in [2.75, 3.05) is 39.9 Å². The van der Waals surface area contributed by atoms with Crippen molar-refractivity contribution in [1.29, 1.82) is 0 Å². The minimum atomic E-state index is 0. The van der Waals surface area contributed by atoms with Gasteiger partial charge in [-0.3, -0.25) is 4.99 Å². The van der Waals surface area contributed by atoms with Gasteiger partial charge < -0.3 is 15.0 Å². The highest BCUT2D eigenvalue weighted by molar-refractivity contribution is 14.0. The fourth-order valence-corrected chi connectivity index (χ4v) is 2.93. The summed E-state index contributed by atoms with van der Waals surface area (Å²) in [6.45, 7) is 9.04. The summed E-state index contributed by atoms with van der Waals surface area (Å²) in [7, 11) is 1.78. The number of hydrogen-bond acceptors (Lipinski definition) is 2. The molecule has 1 aliphatic rings. The van der Waals surface area contributed by atoms with Crippen LogP contribution in [0, 0.1) is 5.92 Å². The van der Waals surface area contributed by atoms with Crippen LogP contribution in [0.3, 0.4) is 0 Å². The second kappa shape index (κ2) is 10.9. The maximum atomic E-state index is 5.28. The van der Waals surface area contributed by atoms with Crippen LogP contribution in [0.2, 0.25) is 0 Å². The van der Waals surface area contributed by atoms with Gasteiger partial charge in [0.05, 0.1) is 6.61 Å². The molecule has 0 amide bonds. The molecule has 1 heterocycles. The maximum absolute atomic E-state index is 5.28. The van der Waals surface area contributed by atoms with Crippen LogP contribution in [0.4, 0.5) is 0 Å². The van der Waals surface area contributed by atoms with Gasteiger partial charge in [-0.25, -0.2) is 0 Å². The number of ether oxygens (including phenoxy) is 1. The molecular formula is C18H30IN3O. The lowest BCUT2D eigenvalue weighted by atomic mass is 10.0. The van der Waals surface area contributed by atoms with Crippen LogP contribution in [0.5, 0.6) is 0 Å². The third kappa shape index (κ3) is 6.30. The number of aliphatic imine (C=N–C) groups is 1. The van der Waals surface area contributed by atoms with Crippen molar-refractivity contribution in [3.8, 4) is 0 Å². The maximum Gasteiger partial charge on any atom is 0.193 e. The molecule has 23 heavy (non-hydrogen) atoms. The number of rotatable bonds is 6. The summed E-state index contributed by atoms with van der Waals surface area (Å²) in [4.78, 5) is 7.22. The Balaban J connectivity index is 0.00000264. The van der Waals surface area contributed by atoms with E-state index in [-0.39, 0.29) is 24.0 Å². The molecule has 0 aromatic heterocycles. The molecule has 0 saturated carbocycles. The molecule has 1 fully saturated rings. The molecule has 2 atom stereocenters. The van der Waals surface area contributed by atoms with Crippen LogP contribution in [-0.2, 0) is 4.74 Å². The zero-order valence-corrected chi connectivity index (χ0v) is 16.8. The molecule has 1 aliphatic heterocycles. The SMILES string of the molecule is CCNC(=NCC(C)c1ccccc1)N1CCC(COC)C1.I. The first-order valence-electron chi connectivity index (χ1n) is 8.31. The van der Waals surface area contributed by atoms with E-state index in [1.807, 2.05) is 0 Å². The Labute approximate surface area is 157 Å². The summed E-state index contributed by atoms with van der Waals surface area (Å²) in [5, 5.41) is 3.43. The van der Waals surface area contributed by atoms with Gasteiger partial charge >= 0.3 is 0 Å². The van der Waals surface area contributed by atoms with Crippen molar-refractivity contribution >= 4 is 29.9 Å². The number of nitrogens with zero attached hydrogens (tertiary/aromatic N) is 2. The number of halogens is 1. The van der Waals surface area contributed by atoms with E-state index >= 15 is 0 Å².